The third-order valence-corrected chi connectivity index (χ3v) is 3.12. The van der Waals surface area contributed by atoms with Crippen LogP contribution in [0.25, 0.3) is 0 Å². The molecule has 0 fully saturated rings. The van der Waals surface area contributed by atoms with Crippen LogP contribution in [0.3, 0.4) is 0 Å². The van der Waals surface area contributed by atoms with Crippen molar-refractivity contribution >= 4 is 23.5 Å². The fraction of sp³-hybridized carbons (Fsp3) is 0.467. The number of hydrogen-bond acceptors (Lipinski definition) is 4. The average molecular weight is 314 g/mol. The lowest BCUT2D eigenvalue weighted by Crippen LogP contribution is -2.39. The van der Waals surface area contributed by atoms with Crippen molar-refractivity contribution in [1.82, 2.24) is 0 Å². The van der Waals surface area contributed by atoms with E-state index in [1.54, 1.807) is 45.0 Å². The molecule has 0 amide bonds. The van der Waals surface area contributed by atoms with Gasteiger partial charge in [-0.05, 0) is 38.8 Å². The summed E-state index contributed by atoms with van der Waals surface area (Å²) in [5, 5.41) is 9.68. The van der Waals surface area contributed by atoms with E-state index in [1.807, 2.05) is 0 Å². The van der Waals surface area contributed by atoms with E-state index in [1.165, 1.54) is 0 Å². The topological polar surface area (TPSA) is 89.6 Å². The van der Waals surface area contributed by atoms with E-state index < -0.39 is 29.5 Å². The molecule has 0 aliphatic carbocycles. The zero-order valence-corrected chi connectivity index (χ0v) is 13.1. The SMILES string of the molecule is CC(C)(C)OC(=O)C(N)CC(C(=O)O)c1ccccc1Cl. The Morgan fingerprint density at radius 1 is 1.33 bits per heavy atom. The van der Waals surface area contributed by atoms with E-state index in [4.69, 9.17) is 22.1 Å². The molecule has 3 N–H and O–H groups in total. The molecule has 0 saturated heterocycles. The van der Waals surface area contributed by atoms with Crippen molar-refractivity contribution in [3.8, 4) is 0 Å². The van der Waals surface area contributed by atoms with Crippen LogP contribution in [0.2, 0.25) is 5.02 Å². The fourth-order valence-corrected chi connectivity index (χ4v) is 2.11. The standard InChI is InChI=1S/C15H20ClNO4/c1-15(2,3)21-14(20)12(17)8-10(13(18)19)9-6-4-5-7-11(9)16/h4-7,10,12H,8,17H2,1-3H3,(H,18,19). The second kappa shape index (κ2) is 6.91. The van der Waals surface area contributed by atoms with Gasteiger partial charge in [0.1, 0.15) is 11.6 Å². The molecule has 0 aromatic heterocycles. The summed E-state index contributed by atoms with van der Waals surface area (Å²) in [6.07, 6.45) is -0.0754. The molecule has 0 aliphatic rings. The molecule has 1 aromatic rings. The van der Waals surface area contributed by atoms with E-state index in [0.717, 1.165) is 0 Å². The Labute approximate surface area is 129 Å². The highest BCUT2D eigenvalue weighted by atomic mass is 35.5. The van der Waals surface area contributed by atoms with Gasteiger partial charge in [-0.25, -0.2) is 0 Å². The van der Waals surface area contributed by atoms with Gasteiger partial charge in [0.2, 0.25) is 0 Å². The molecule has 0 radical (unpaired) electrons. The van der Waals surface area contributed by atoms with E-state index >= 15 is 0 Å². The number of carbonyl (C=O) groups is 2. The molecule has 6 heteroatoms. The lowest BCUT2D eigenvalue weighted by atomic mass is 9.92. The van der Waals surface area contributed by atoms with E-state index in [-0.39, 0.29) is 6.42 Å². The third kappa shape index (κ3) is 5.36. The van der Waals surface area contributed by atoms with Crippen LogP contribution < -0.4 is 5.73 Å². The predicted molar refractivity (Wildman–Crippen MR) is 80.3 cm³/mol. The monoisotopic (exact) mass is 313 g/mol. The molecule has 0 bridgehead atoms. The number of aliphatic carboxylic acids is 1. The first-order chi connectivity index (χ1) is 9.61. The maximum absolute atomic E-state index is 11.9. The van der Waals surface area contributed by atoms with Crippen molar-refractivity contribution < 1.29 is 19.4 Å². The fourth-order valence-electron chi connectivity index (χ4n) is 1.85. The Morgan fingerprint density at radius 2 is 1.90 bits per heavy atom. The van der Waals surface area contributed by atoms with Crippen molar-refractivity contribution in [2.75, 3.05) is 0 Å². The first-order valence-corrected chi connectivity index (χ1v) is 6.95. The third-order valence-electron chi connectivity index (χ3n) is 2.78. The van der Waals surface area contributed by atoms with Gasteiger partial charge in [-0.1, -0.05) is 29.8 Å². The first kappa shape index (κ1) is 17.5. The molecule has 2 unspecified atom stereocenters. The number of hydrogen-bond donors (Lipinski definition) is 2. The number of halogens is 1. The Hall–Kier alpha value is -1.59. The summed E-state index contributed by atoms with van der Waals surface area (Å²) in [5.41, 5.74) is 5.54. The number of benzene rings is 1. The molecular weight excluding hydrogens is 294 g/mol. The number of carbonyl (C=O) groups excluding carboxylic acids is 1. The summed E-state index contributed by atoms with van der Waals surface area (Å²) < 4.78 is 5.16. The molecule has 5 nitrogen and oxygen atoms in total. The average Bonchev–Trinajstić information content (AvgIpc) is 2.34. The predicted octanol–water partition coefficient (Wildman–Crippen LogP) is 2.57. The quantitative estimate of drug-likeness (QED) is 0.815. The van der Waals surface area contributed by atoms with Gasteiger partial charge >= 0.3 is 11.9 Å². The van der Waals surface area contributed by atoms with Crippen molar-refractivity contribution in [2.45, 2.75) is 44.8 Å². The van der Waals surface area contributed by atoms with E-state index in [9.17, 15) is 14.7 Å². The van der Waals surface area contributed by atoms with E-state index in [0.29, 0.717) is 10.6 Å². The molecule has 0 aliphatic heterocycles. The summed E-state index contributed by atoms with van der Waals surface area (Å²) in [5.74, 6) is -2.66. The van der Waals surface area contributed by atoms with Gasteiger partial charge in [-0.15, -0.1) is 0 Å². The van der Waals surface area contributed by atoms with Gasteiger partial charge < -0.3 is 15.6 Å². The van der Waals surface area contributed by atoms with Gasteiger partial charge in [0.25, 0.3) is 0 Å². The summed E-state index contributed by atoms with van der Waals surface area (Å²) in [7, 11) is 0. The Kier molecular flexibility index (Phi) is 5.75. The molecular formula is C15H20ClNO4. The van der Waals surface area contributed by atoms with Gasteiger partial charge in [0, 0.05) is 5.02 Å². The molecule has 0 saturated carbocycles. The van der Waals surface area contributed by atoms with Gasteiger partial charge in [-0.2, -0.15) is 0 Å². The number of nitrogens with two attached hydrogens (primary N) is 1. The highest BCUT2D eigenvalue weighted by Crippen LogP contribution is 2.28. The van der Waals surface area contributed by atoms with Crippen LogP contribution in [-0.4, -0.2) is 28.7 Å². The Morgan fingerprint density at radius 3 is 2.38 bits per heavy atom. The minimum atomic E-state index is -1.08. The number of carboxylic acids is 1. The van der Waals surface area contributed by atoms with Crippen LogP contribution in [0.15, 0.2) is 24.3 Å². The minimum absolute atomic E-state index is 0.0754. The molecule has 1 aromatic carbocycles. The highest BCUT2D eigenvalue weighted by molar-refractivity contribution is 6.31. The normalized spacial score (nSPS) is 14.3. The van der Waals surface area contributed by atoms with Crippen LogP contribution in [-0.2, 0) is 14.3 Å². The van der Waals surface area contributed by atoms with Crippen LogP contribution >= 0.6 is 11.6 Å². The van der Waals surface area contributed by atoms with Crippen LogP contribution in [0.5, 0.6) is 0 Å². The van der Waals surface area contributed by atoms with Gasteiger partial charge in [0.15, 0.2) is 0 Å². The second-order valence-electron chi connectivity index (χ2n) is 5.79. The molecule has 0 heterocycles. The number of ether oxygens (including phenoxy) is 1. The van der Waals surface area contributed by atoms with Crippen molar-refractivity contribution in [3.63, 3.8) is 0 Å². The lowest BCUT2D eigenvalue weighted by molar-refractivity contribution is -0.156. The second-order valence-corrected chi connectivity index (χ2v) is 6.20. The molecule has 0 spiro atoms. The zero-order chi connectivity index (χ0) is 16.2. The van der Waals surface area contributed by atoms with Gasteiger partial charge in [-0.3, -0.25) is 9.59 Å². The molecule has 2 atom stereocenters. The van der Waals surface area contributed by atoms with Crippen LogP contribution in [0.4, 0.5) is 0 Å². The minimum Gasteiger partial charge on any atom is -0.481 e. The number of esters is 1. The number of carboxylic acid groups (broad SMARTS) is 1. The van der Waals surface area contributed by atoms with Crippen LogP contribution in [0.1, 0.15) is 38.7 Å². The largest absolute Gasteiger partial charge is 0.481 e. The van der Waals surface area contributed by atoms with Crippen LogP contribution in [0, 0.1) is 0 Å². The Balaban J connectivity index is 2.88. The first-order valence-electron chi connectivity index (χ1n) is 6.57. The summed E-state index contributed by atoms with van der Waals surface area (Å²) in [6, 6.07) is 5.59. The van der Waals surface area contributed by atoms with Crippen molar-refractivity contribution in [3.05, 3.63) is 34.9 Å². The Bertz CT molecular complexity index is 525. The van der Waals surface area contributed by atoms with Gasteiger partial charge in [0.05, 0.1) is 5.92 Å². The van der Waals surface area contributed by atoms with E-state index in [2.05, 4.69) is 0 Å². The molecule has 116 valence electrons. The number of rotatable bonds is 5. The zero-order valence-electron chi connectivity index (χ0n) is 12.3. The lowest BCUT2D eigenvalue weighted by Gasteiger charge is -2.23. The summed E-state index contributed by atoms with van der Waals surface area (Å²) >= 11 is 6.01. The maximum atomic E-state index is 11.9. The highest BCUT2D eigenvalue weighted by Gasteiger charge is 2.30. The molecule has 1 rings (SSSR count). The summed E-state index contributed by atoms with van der Waals surface area (Å²) in [6.45, 7) is 5.17. The van der Waals surface area contributed by atoms with Crippen molar-refractivity contribution in [1.29, 1.82) is 0 Å². The summed E-state index contributed by atoms with van der Waals surface area (Å²) in [4.78, 5) is 23.3. The molecule has 21 heavy (non-hydrogen) atoms. The smallest absolute Gasteiger partial charge is 0.323 e. The maximum Gasteiger partial charge on any atom is 0.323 e. The van der Waals surface area contributed by atoms with Crippen molar-refractivity contribution in [2.24, 2.45) is 5.73 Å².